The van der Waals surface area contributed by atoms with Crippen LogP contribution in [0.15, 0.2) is 18.2 Å². The third-order valence-corrected chi connectivity index (χ3v) is 2.82. The minimum absolute atomic E-state index is 0.0343. The Balaban J connectivity index is 2.71. The molecule has 1 heterocycles. The molecule has 2 rings (SSSR count). The maximum atomic E-state index is 10.9. The maximum Gasteiger partial charge on any atom is 0.323 e. The highest BCUT2D eigenvalue weighted by atomic mass is 16.4. The molecule has 0 unspecified atom stereocenters. The number of carboxylic acids is 1. The Labute approximate surface area is 99.9 Å². The van der Waals surface area contributed by atoms with E-state index in [0.717, 1.165) is 22.4 Å². The number of para-hydroxylation sites is 1. The first-order chi connectivity index (χ1) is 8.00. The van der Waals surface area contributed by atoms with Crippen molar-refractivity contribution in [3.8, 4) is 0 Å². The molecule has 90 valence electrons. The standard InChI is InChI=1S/C13H16N2O2/c1-8(2)13-14-12-9(3)5-4-6-10(12)15(13)7-11(16)17/h4-6,8H,7H2,1-3H3,(H,16,17). The summed E-state index contributed by atoms with van der Waals surface area (Å²) in [4.78, 5) is 15.5. The van der Waals surface area contributed by atoms with Crippen molar-refractivity contribution in [3.63, 3.8) is 0 Å². The number of rotatable bonds is 3. The lowest BCUT2D eigenvalue weighted by Gasteiger charge is -2.08. The first-order valence-electron chi connectivity index (χ1n) is 5.68. The monoisotopic (exact) mass is 232 g/mol. The summed E-state index contributed by atoms with van der Waals surface area (Å²) in [5, 5.41) is 8.97. The lowest BCUT2D eigenvalue weighted by molar-refractivity contribution is -0.137. The second-order valence-electron chi connectivity index (χ2n) is 4.55. The number of imidazole rings is 1. The number of aryl methyl sites for hydroxylation is 1. The van der Waals surface area contributed by atoms with E-state index in [1.807, 2.05) is 39.0 Å². The van der Waals surface area contributed by atoms with Crippen LogP contribution >= 0.6 is 0 Å². The van der Waals surface area contributed by atoms with E-state index in [4.69, 9.17) is 5.11 Å². The van der Waals surface area contributed by atoms with Crippen LogP contribution < -0.4 is 0 Å². The number of hydrogen-bond acceptors (Lipinski definition) is 2. The molecule has 17 heavy (non-hydrogen) atoms. The number of carboxylic acid groups (broad SMARTS) is 1. The summed E-state index contributed by atoms with van der Waals surface area (Å²) >= 11 is 0. The Bertz CT molecular complexity index is 570. The zero-order valence-corrected chi connectivity index (χ0v) is 10.3. The molecule has 0 amide bonds. The smallest absolute Gasteiger partial charge is 0.323 e. The van der Waals surface area contributed by atoms with E-state index in [9.17, 15) is 4.79 Å². The molecule has 1 aromatic heterocycles. The van der Waals surface area contributed by atoms with Crippen LogP contribution in [0.2, 0.25) is 0 Å². The van der Waals surface area contributed by atoms with Crippen LogP contribution in [0.25, 0.3) is 11.0 Å². The van der Waals surface area contributed by atoms with Gasteiger partial charge in [-0.25, -0.2) is 4.98 Å². The molecular weight excluding hydrogens is 216 g/mol. The molecule has 0 aliphatic rings. The van der Waals surface area contributed by atoms with Gasteiger partial charge in [-0.2, -0.15) is 0 Å². The van der Waals surface area contributed by atoms with Crippen molar-refractivity contribution in [2.45, 2.75) is 33.2 Å². The Morgan fingerprint density at radius 2 is 2.18 bits per heavy atom. The largest absolute Gasteiger partial charge is 0.480 e. The summed E-state index contributed by atoms with van der Waals surface area (Å²) in [7, 11) is 0. The van der Waals surface area contributed by atoms with E-state index in [0.29, 0.717) is 0 Å². The number of fused-ring (bicyclic) bond motifs is 1. The van der Waals surface area contributed by atoms with Gasteiger partial charge < -0.3 is 9.67 Å². The molecule has 0 saturated heterocycles. The van der Waals surface area contributed by atoms with Crippen LogP contribution in [-0.4, -0.2) is 20.6 Å². The lowest BCUT2D eigenvalue weighted by Crippen LogP contribution is -2.12. The molecule has 4 nitrogen and oxygen atoms in total. The van der Waals surface area contributed by atoms with Gasteiger partial charge in [0.25, 0.3) is 0 Å². The van der Waals surface area contributed by atoms with Gasteiger partial charge in [-0.3, -0.25) is 4.79 Å². The van der Waals surface area contributed by atoms with Crippen molar-refractivity contribution in [3.05, 3.63) is 29.6 Å². The molecular formula is C13H16N2O2. The van der Waals surface area contributed by atoms with Gasteiger partial charge in [-0.1, -0.05) is 26.0 Å². The quantitative estimate of drug-likeness (QED) is 0.884. The van der Waals surface area contributed by atoms with Crippen LogP contribution in [0.5, 0.6) is 0 Å². The van der Waals surface area contributed by atoms with E-state index in [1.54, 1.807) is 4.57 Å². The van der Waals surface area contributed by atoms with Crippen molar-refractivity contribution in [1.82, 2.24) is 9.55 Å². The Kier molecular flexibility index (Phi) is 2.88. The summed E-state index contributed by atoms with van der Waals surface area (Å²) < 4.78 is 1.79. The summed E-state index contributed by atoms with van der Waals surface area (Å²) in [5.74, 6) is 0.200. The van der Waals surface area contributed by atoms with E-state index in [2.05, 4.69) is 4.98 Å². The highest BCUT2D eigenvalue weighted by Gasteiger charge is 2.16. The molecule has 0 saturated carbocycles. The number of nitrogens with zero attached hydrogens (tertiary/aromatic N) is 2. The van der Waals surface area contributed by atoms with Crippen LogP contribution in [0.4, 0.5) is 0 Å². The second kappa shape index (κ2) is 4.20. The van der Waals surface area contributed by atoms with Gasteiger partial charge in [-0.05, 0) is 18.6 Å². The fourth-order valence-electron chi connectivity index (χ4n) is 2.05. The van der Waals surface area contributed by atoms with Crippen molar-refractivity contribution in [1.29, 1.82) is 0 Å². The van der Waals surface area contributed by atoms with Crippen molar-refractivity contribution < 1.29 is 9.90 Å². The molecule has 0 spiro atoms. The summed E-state index contributed by atoms with van der Waals surface area (Å²) in [6, 6.07) is 5.84. The minimum atomic E-state index is -0.840. The van der Waals surface area contributed by atoms with Crippen LogP contribution in [0.1, 0.15) is 31.2 Å². The Morgan fingerprint density at radius 1 is 1.47 bits per heavy atom. The Morgan fingerprint density at radius 3 is 2.76 bits per heavy atom. The molecule has 0 bridgehead atoms. The Hall–Kier alpha value is -1.84. The van der Waals surface area contributed by atoms with Gasteiger partial charge in [0.15, 0.2) is 0 Å². The van der Waals surface area contributed by atoms with Crippen molar-refractivity contribution in [2.75, 3.05) is 0 Å². The maximum absolute atomic E-state index is 10.9. The average Bonchev–Trinajstić information content (AvgIpc) is 2.58. The SMILES string of the molecule is Cc1cccc2c1nc(C(C)C)n2CC(=O)O. The molecule has 0 aliphatic heterocycles. The molecule has 0 atom stereocenters. The van der Waals surface area contributed by atoms with Gasteiger partial charge in [0.1, 0.15) is 12.4 Å². The summed E-state index contributed by atoms with van der Waals surface area (Å²) in [6.07, 6.45) is 0. The second-order valence-corrected chi connectivity index (χ2v) is 4.55. The predicted octanol–water partition coefficient (Wildman–Crippen LogP) is 2.55. The first-order valence-corrected chi connectivity index (χ1v) is 5.68. The van der Waals surface area contributed by atoms with Crippen molar-refractivity contribution in [2.24, 2.45) is 0 Å². The van der Waals surface area contributed by atoms with Crippen LogP contribution in [-0.2, 0) is 11.3 Å². The first kappa shape index (κ1) is 11.6. The van der Waals surface area contributed by atoms with E-state index in [-0.39, 0.29) is 12.5 Å². The minimum Gasteiger partial charge on any atom is -0.480 e. The van der Waals surface area contributed by atoms with E-state index in [1.165, 1.54) is 0 Å². The van der Waals surface area contributed by atoms with E-state index < -0.39 is 5.97 Å². The average molecular weight is 232 g/mol. The number of hydrogen-bond donors (Lipinski definition) is 1. The zero-order valence-electron chi connectivity index (χ0n) is 10.3. The number of carbonyl (C=O) groups is 1. The lowest BCUT2D eigenvalue weighted by atomic mass is 10.2. The number of benzene rings is 1. The van der Waals surface area contributed by atoms with Gasteiger partial charge in [-0.15, -0.1) is 0 Å². The molecule has 0 fully saturated rings. The molecule has 2 aromatic rings. The third-order valence-electron chi connectivity index (χ3n) is 2.82. The molecule has 0 aliphatic carbocycles. The molecule has 1 aromatic carbocycles. The zero-order chi connectivity index (χ0) is 12.6. The molecule has 0 radical (unpaired) electrons. The van der Waals surface area contributed by atoms with Crippen LogP contribution in [0, 0.1) is 6.92 Å². The fourth-order valence-corrected chi connectivity index (χ4v) is 2.05. The number of aliphatic carboxylic acids is 1. The summed E-state index contributed by atoms with van der Waals surface area (Å²) in [6.45, 7) is 6.00. The molecule has 1 N–H and O–H groups in total. The van der Waals surface area contributed by atoms with Crippen LogP contribution in [0.3, 0.4) is 0 Å². The normalized spacial score (nSPS) is 11.3. The van der Waals surface area contributed by atoms with Gasteiger partial charge in [0, 0.05) is 5.92 Å². The topological polar surface area (TPSA) is 55.1 Å². The van der Waals surface area contributed by atoms with Gasteiger partial charge in [0.05, 0.1) is 11.0 Å². The molecule has 4 heteroatoms. The van der Waals surface area contributed by atoms with E-state index >= 15 is 0 Å². The number of aromatic nitrogens is 2. The highest BCUT2D eigenvalue weighted by Crippen LogP contribution is 2.23. The third kappa shape index (κ3) is 2.02. The van der Waals surface area contributed by atoms with Gasteiger partial charge in [0.2, 0.25) is 0 Å². The summed E-state index contributed by atoms with van der Waals surface area (Å²) in [5.41, 5.74) is 2.88. The highest BCUT2D eigenvalue weighted by molar-refractivity contribution is 5.81. The predicted molar refractivity (Wildman–Crippen MR) is 66.2 cm³/mol. The van der Waals surface area contributed by atoms with Gasteiger partial charge >= 0.3 is 5.97 Å². The van der Waals surface area contributed by atoms with Crippen molar-refractivity contribution >= 4 is 17.0 Å². The fraction of sp³-hybridized carbons (Fsp3) is 0.385.